The molecule has 0 fully saturated rings. The van der Waals surface area contributed by atoms with Crippen LogP contribution in [0.15, 0.2) is 35.9 Å². The predicted octanol–water partition coefficient (Wildman–Crippen LogP) is 3.37. The van der Waals surface area contributed by atoms with Crippen LogP contribution in [-0.4, -0.2) is 19.1 Å². The average Bonchev–Trinajstić information content (AvgIpc) is 2.56. The third kappa shape index (κ3) is 3.06. The fourth-order valence-corrected chi connectivity index (χ4v) is 2.48. The van der Waals surface area contributed by atoms with Gasteiger partial charge in [0.2, 0.25) is 0 Å². The van der Waals surface area contributed by atoms with E-state index in [2.05, 4.69) is 48.3 Å². The molecule has 2 nitrogen and oxygen atoms in total. The summed E-state index contributed by atoms with van der Waals surface area (Å²) < 4.78 is 0. The normalized spacial score (nSPS) is 20.2. The number of rotatable bonds is 3. The van der Waals surface area contributed by atoms with Crippen LogP contribution >= 0.6 is 11.6 Å². The molecule has 1 atom stereocenters. The zero-order valence-electron chi connectivity index (χ0n) is 11.1. The van der Waals surface area contributed by atoms with E-state index in [4.69, 9.17) is 11.6 Å². The van der Waals surface area contributed by atoms with Crippen molar-refractivity contribution in [3.05, 3.63) is 41.4 Å². The molecule has 2 rings (SSSR count). The topological polar surface area (TPSA) is 15.3 Å². The van der Waals surface area contributed by atoms with Crippen molar-refractivity contribution in [1.29, 1.82) is 0 Å². The number of halogens is 1. The molecule has 0 aliphatic carbocycles. The SMILES string of the molecule is CC(C)C1CN(C/C=C/Cl)c2ccccc2CN1. The van der Waals surface area contributed by atoms with Gasteiger partial charge in [0.15, 0.2) is 0 Å². The van der Waals surface area contributed by atoms with Crippen molar-refractivity contribution in [2.75, 3.05) is 18.0 Å². The summed E-state index contributed by atoms with van der Waals surface area (Å²) in [5.74, 6) is 0.627. The largest absolute Gasteiger partial charge is 0.366 e. The monoisotopic (exact) mass is 264 g/mol. The quantitative estimate of drug-likeness (QED) is 0.901. The highest BCUT2D eigenvalue weighted by atomic mass is 35.5. The van der Waals surface area contributed by atoms with Gasteiger partial charge in [-0.1, -0.05) is 49.7 Å². The van der Waals surface area contributed by atoms with Crippen molar-refractivity contribution >= 4 is 17.3 Å². The lowest BCUT2D eigenvalue weighted by molar-refractivity contribution is 0.406. The molecule has 1 N–H and O–H groups in total. The van der Waals surface area contributed by atoms with Crippen LogP contribution in [0.4, 0.5) is 5.69 Å². The van der Waals surface area contributed by atoms with Crippen molar-refractivity contribution in [3.8, 4) is 0 Å². The summed E-state index contributed by atoms with van der Waals surface area (Å²) >= 11 is 5.66. The van der Waals surface area contributed by atoms with Gasteiger partial charge in [-0.15, -0.1) is 0 Å². The zero-order chi connectivity index (χ0) is 13.0. The summed E-state index contributed by atoms with van der Waals surface area (Å²) in [5.41, 5.74) is 4.29. The van der Waals surface area contributed by atoms with Gasteiger partial charge in [0, 0.05) is 36.9 Å². The van der Waals surface area contributed by atoms with Gasteiger partial charge in [-0.3, -0.25) is 0 Å². The first-order valence-corrected chi connectivity index (χ1v) is 6.97. The van der Waals surface area contributed by atoms with Crippen LogP contribution in [0.2, 0.25) is 0 Å². The zero-order valence-corrected chi connectivity index (χ0v) is 11.8. The first-order chi connectivity index (χ1) is 8.72. The van der Waals surface area contributed by atoms with Crippen molar-refractivity contribution in [3.63, 3.8) is 0 Å². The van der Waals surface area contributed by atoms with E-state index in [1.807, 2.05) is 6.08 Å². The molecule has 18 heavy (non-hydrogen) atoms. The fourth-order valence-electron chi connectivity index (χ4n) is 2.40. The van der Waals surface area contributed by atoms with E-state index in [1.165, 1.54) is 11.3 Å². The van der Waals surface area contributed by atoms with Gasteiger partial charge in [0.25, 0.3) is 0 Å². The van der Waals surface area contributed by atoms with E-state index in [-0.39, 0.29) is 0 Å². The molecule has 0 radical (unpaired) electrons. The Labute approximate surface area is 115 Å². The van der Waals surface area contributed by atoms with Crippen molar-refractivity contribution < 1.29 is 0 Å². The van der Waals surface area contributed by atoms with E-state index in [9.17, 15) is 0 Å². The van der Waals surface area contributed by atoms with E-state index < -0.39 is 0 Å². The van der Waals surface area contributed by atoms with Crippen LogP contribution < -0.4 is 10.2 Å². The molecule has 0 saturated heterocycles. The van der Waals surface area contributed by atoms with Crippen LogP contribution in [0, 0.1) is 5.92 Å². The first-order valence-electron chi connectivity index (χ1n) is 6.54. The van der Waals surface area contributed by atoms with Crippen LogP contribution in [-0.2, 0) is 6.54 Å². The number of hydrogen-bond acceptors (Lipinski definition) is 2. The smallest absolute Gasteiger partial charge is 0.0415 e. The molecule has 1 aromatic rings. The van der Waals surface area contributed by atoms with Gasteiger partial charge in [0.1, 0.15) is 0 Å². The number of nitrogens with zero attached hydrogens (tertiary/aromatic N) is 1. The highest BCUT2D eigenvalue weighted by Crippen LogP contribution is 2.24. The maximum absolute atomic E-state index is 5.66. The van der Waals surface area contributed by atoms with E-state index >= 15 is 0 Å². The third-order valence-electron chi connectivity index (χ3n) is 3.52. The predicted molar refractivity (Wildman–Crippen MR) is 79.1 cm³/mol. The van der Waals surface area contributed by atoms with Crippen molar-refractivity contribution in [2.24, 2.45) is 5.92 Å². The van der Waals surface area contributed by atoms with Crippen LogP contribution in [0.3, 0.4) is 0 Å². The second kappa shape index (κ2) is 6.26. The Bertz CT molecular complexity index is 415. The Morgan fingerprint density at radius 1 is 1.44 bits per heavy atom. The first kappa shape index (κ1) is 13.4. The number of benzene rings is 1. The number of nitrogens with one attached hydrogen (secondary N) is 1. The Morgan fingerprint density at radius 2 is 2.22 bits per heavy atom. The number of fused-ring (bicyclic) bond motifs is 1. The van der Waals surface area contributed by atoms with Crippen LogP contribution in [0.1, 0.15) is 19.4 Å². The van der Waals surface area contributed by atoms with E-state index in [0.717, 1.165) is 19.6 Å². The third-order valence-corrected chi connectivity index (χ3v) is 3.70. The molecule has 1 unspecified atom stereocenters. The molecule has 1 aliphatic heterocycles. The minimum absolute atomic E-state index is 0.515. The molecular formula is C15H21ClN2. The maximum atomic E-state index is 5.66. The summed E-state index contributed by atoms with van der Waals surface area (Å²) in [6.07, 6.45) is 2.00. The molecular weight excluding hydrogens is 244 g/mol. The summed E-state index contributed by atoms with van der Waals surface area (Å²) in [7, 11) is 0. The second-order valence-corrected chi connectivity index (χ2v) is 5.38. The molecule has 0 bridgehead atoms. The minimum atomic E-state index is 0.515. The average molecular weight is 265 g/mol. The Hall–Kier alpha value is -0.990. The molecule has 98 valence electrons. The van der Waals surface area contributed by atoms with Crippen molar-refractivity contribution in [2.45, 2.75) is 26.4 Å². The summed E-state index contributed by atoms with van der Waals surface area (Å²) in [6, 6.07) is 9.11. The van der Waals surface area contributed by atoms with Crippen LogP contribution in [0.25, 0.3) is 0 Å². The standard InChI is InChI=1S/C15H21ClN2/c1-12(2)14-11-18(9-5-8-16)15-7-4-3-6-13(15)10-17-14/h3-8,12,14,17H,9-11H2,1-2H3/b8-5+. The molecule has 0 saturated carbocycles. The minimum Gasteiger partial charge on any atom is -0.366 e. The van der Waals surface area contributed by atoms with E-state index in [0.29, 0.717) is 12.0 Å². The maximum Gasteiger partial charge on any atom is 0.0415 e. The van der Waals surface area contributed by atoms with Gasteiger partial charge in [-0.05, 0) is 17.5 Å². The van der Waals surface area contributed by atoms with Gasteiger partial charge in [-0.25, -0.2) is 0 Å². The molecule has 0 aromatic heterocycles. The molecule has 0 amide bonds. The van der Waals surface area contributed by atoms with Gasteiger partial charge in [-0.2, -0.15) is 0 Å². The van der Waals surface area contributed by atoms with Crippen LogP contribution in [0.5, 0.6) is 0 Å². The Balaban J connectivity index is 2.26. The Kier molecular flexibility index (Phi) is 4.67. The second-order valence-electron chi connectivity index (χ2n) is 5.13. The van der Waals surface area contributed by atoms with Gasteiger partial charge >= 0.3 is 0 Å². The van der Waals surface area contributed by atoms with E-state index in [1.54, 1.807) is 5.54 Å². The number of para-hydroxylation sites is 1. The van der Waals surface area contributed by atoms with Gasteiger partial charge < -0.3 is 10.2 Å². The number of hydrogen-bond donors (Lipinski definition) is 1. The highest BCUT2D eigenvalue weighted by molar-refractivity contribution is 6.25. The summed E-state index contributed by atoms with van der Waals surface area (Å²) in [5, 5.41) is 3.64. The number of anilines is 1. The summed E-state index contributed by atoms with van der Waals surface area (Å²) in [6.45, 7) is 7.37. The molecule has 1 aromatic carbocycles. The molecule has 1 aliphatic rings. The lowest BCUT2D eigenvalue weighted by atomic mass is 10.0. The molecule has 1 heterocycles. The molecule has 3 heteroatoms. The Morgan fingerprint density at radius 3 is 2.94 bits per heavy atom. The highest BCUT2D eigenvalue weighted by Gasteiger charge is 2.22. The fraction of sp³-hybridized carbons (Fsp3) is 0.467. The van der Waals surface area contributed by atoms with Gasteiger partial charge in [0.05, 0.1) is 0 Å². The lowest BCUT2D eigenvalue weighted by Gasteiger charge is -2.28. The lowest BCUT2D eigenvalue weighted by Crippen LogP contribution is -2.41. The van der Waals surface area contributed by atoms with Crippen molar-refractivity contribution in [1.82, 2.24) is 5.32 Å². The summed E-state index contributed by atoms with van der Waals surface area (Å²) in [4.78, 5) is 2.40. The molecule has 0 spiro atoms.